The van der Waals surface area contributed by atoms with E-state index in [2.05, 4.69) is 88.4 Å². The van der Waals surface area contributed by atoms with Crippen LogP contribution in [-0.4, -0.2) is 0 Å². The molecule has 0 nitrogen and oxygen atoms in total. The molecule has 0 amide bonds. The molecule has 3 aromatic rings. The predicted molar refractivity (Wildman–Crippen MR) is 96.3 cm³/mol. The molecule has 3 rings (SSSR count). The molecule has 0 aliphatic carbocycles. The van der Waals surface area contributed by atoms with Crippen LogP contribution in [0.4, 0.5) is 0 Å². The minimum Gasteiger partial charge on any atom is -0.0622 e. The minimum atomic E-state index is 1.30. The van der Waals surface area contributed by atoms with E-state index in [0.717, 1.165) is 0 Å². The second kappa shape index (κ2) is 5.81. The zero-order valence-electron chi connectivity index (χ0n) is 13.8. The van der Waals surface area contributed by atoms with Crippen molar-refractivity contribution in [1.29, 1.82) is 0 Å². The van der Waals surface area contributed by atoms with E-state index in [1.165, 1.54) is 44.5 Å². The second-order valence-electron chi connectivity index (χ2n) is 5.98. The summed E-state index contributed by atoms with van der Waals surface area (Å²) in [6, 6.07) is 21.4. The van der Waals surface area contributed by atoms with Gasteiger partial charge in [-0.15, -0.1) is 0 Å². The highest BCUT2D eigenvalue weighted by molar-refractivity contribution is 5.84. The molecule has 0 heteroatoms. The highest BCUT2D eigenvalue weighted by atomic mass is 14.2. The maximum absolute atomic E-state index is 2.25. The molecule has 0 atom stereocenters. The van der Waals surface area contributed by atoms with Crippen LogP contribution >= 0.6 is 0 Å². The molecule has 3 aromatic carbocycles. The van der Waals surface area contributed by atoms with Crippen molar-refractivity contribution >= 4 is 0 Å². The molecule has 0 spiro atoms. The van der Waals surface area contributed by atoms with Crippen LogP contribution in [0.15, 0.2) is 60.7 Å². The van der Waals surface area contributed by atoms with E-state index in [4.69, 9.17) is 0 Å². The average molecular weight is 286 g/mol. The van der Waals surface area contributed by atoms with Crippen molar-refractivity contribution in [2.24, 2.45) is 0 Å². The third-order valence-corrected chi connectivity index (χ3v) is 4.75. The average Bonchev–Trinajstić information content (AvgIpc) is 2.55. The fourth-order valence-corrected chi connectivity index (χ4v) is 3.42. The molecule has 0 radical (unpaired) electrons. The van der Waals surface area contributed by atoms with Crippen LogP contribution in [0.3, 0.4) is 0 Å². The Bertz CT molecular complexity index is 730. The molecule has 0 aliphatic heterocycles. The molecule has 0 bridgehead atoms. The van der Waals surface area contributed by atoms with Crippen molar-refractivity contribution in [3.05, 3.63) is 82.9 Å². The predicted octanol–water partition coefficient (Wildman–Crippen LogP) is 6.25. The van der Waals surface area contributed by atoms with Crippen molar-refractivity contribution in [1.82, 2.24) is 0 Å². The fourth-order valence-electron chi connectivity index (χ4n) is 3.42. The summed E-state index contributed by atoms with van der Waals surface area (Å²) in [6.07, 6.45) is 0. The quantitative estimate of drug-likeness (QED) is 0.522. The van der Waals surface area contributed by atoms with Gasteiger partial charge in [0.25, 0.3) is 0 Å². The largest absolute Gasteiger partial charge is 0.0622 e. The van der Waals surface area contributed by atoms with Crippen molar-refractivity contribution in [3.8, 4) is 22.3 Å². The SMILES string of the molecule is Cc1c(C)c(-c2ccccc2)c(C)c(-c2ccccc2)c1C. The monoisotopic (exact) mass is 286 g/mol. The molecular formula is C22H22. The van der Waals surface area contributed by atoms with Gasteiger partial charge in [-0.2, -0.15) is 0 Å². The Kier molecular flexibility index (Phi) is 3.85. The van der Waals surface area contributed by atoms with Gasteiger partial charge in [-0.05, 0) is 72.2 Å². The van der Waals surface area contributed by atoms with E-state index in [1.807, 2.05) is 0 Å². The Morgan fingerprint density at radius 2 is 0.773 bits per heavy atom. The van der Waals surface area contributed by atoms with Crippen LogP contribution in [-0.2, 0) is 0 Å². The lowest BCUT2D eigenvalue weighted by Gasteiger charge is -2.21. The van der Waals surface area contributed by atoms with Gasteiger partial charge in [0, 0.05) is 0 Å². The summed E-state index contributed by atoms with van der Waals surface area (Å²) in [4.78, 5) is 0. The molecular weight excluding hydrogens is 264 g/mol. The molecule has 0 fully saturated rings. The summed E-state index contributed by atoms with van der Waals surface area (Å²) < 4.78 is 0. The zero-order chi connectivity index (χ0) is 15.7. The van der Waals surface area contributed by atoms with Crippen LogP contribution in [0.1, 0.15) is 22.3 Å². The summed E-state index contributed by atoms with van der Waals surface area (Å²) in [5.41, 5.74) is 10.9. The number of hydrogen-bond donors (Lipinski definition) is 0. The summed E-state index contributed by atoms with van der Waals surface area (Å²) in [5.74, 6) is 0. The molecule has 0 aliphatic rings. The topological polar surface area (TPSA) is 0 Å². The normalized spacial score (nSPS) is 10.7. The zero-order valence-corrected chi connectivity index (χ0v) is 13.8. The van der Waals surface area contributed by atoms with E-state index < -0.39 is 0 Å². The first kappa shape index (κ1) is 14.6. The van der Waals surface area contributed by atoms with Gasteiger partial charge >= 0.3 is 0 Å². The van der Waals surface area contributed by atoms with Crippen molar-refractivity contribution in [2.45, 2.75) is 27.7 Å². The number of hydrogen-bond acceptors (Lipinski definition) is 0. The van der Waals surface area contributed by atoms with Gasteiger partial charge in [0.05, 0.1) is 0 Å². The number of benzene rings is 3. The Labute approximate surface area is 133 Å². The van der Waals surface area contributed by atoms with Crippen LogP contribution in [0, 0.1) is 27.7 Å². The van der Waals surface area contributed by atoms with Crippen LogP contribution in [0.5, 0.6) is 0 Å². The Balaban J connectivity index is 2.36. The Morgan fingerprint density at radius 1 is 0.409 bits per heavy atom. The molecule has 0 saturated heterocycles. The summed E-state index contributed by atoms with van der Waals surface area (Å²) in [6.45, 7) is 8.98. The third kappa shape index (κ3) is 2.35. The van der Waals surface area contributed by atoms with Crippen LogP contribution in [0.25, 0.3) is 22.3 Å². The third-order valence-electron chi connectivity index (χ3n) is 4.75. The van der Waals surface area contributed by atoms with E-state index in [-0.39, 0.29) is 0 Å². The standard InChI is InChI=1S/C22H22/c1-15-16(2)21(19-11-7-5-8-12-19)18(4)22(17(15)3)20-13-9-6-10-14-20/h5-14H,1-4H3. The van der Waals surface area contributed by atoms with E-state index in [9.17, 15) is 0 Å². The molecule has 0 aromatic heterocycles. The van der Waals surface area contributed by atoms with Gasteiger partial charge in [0.2, 0.25) is 0 Å². The Morgan fingerprint density at radius 3 is 1.14 bits per heavy atom. The van der Waals surface area contributed by atoms with Crippen molar-refractivity contribution in [2.75, 3.05) is 0 Å². The molecule has 22 heavy (non-hydrogen) atoms. The second-order valence-corrected chi connectivity index (χ2v) is 5.98. The molecule has 0 saturated carbocycles. The first-order valence-electron chi connectivity index (χ1n) is 7.82. The minimum absolute atomic E-state index is 1.30. The maximum atomic E-state index is 2.25. The summed E-state index contributed by atoms with van der Waals surface area (Å²) in [5, 5.41) is 0. The van der Waals surface area contributed by atoms with Crippen LogP contribution < -0.4 is 0 Å². The highest BCUT2D eigenvalue weighted by Crippen LogP contribution is 2.39. The smallest absolute Gasteiger partial charge is 0.0116 e. The summed E-state index contributed by atoms with van der Waals surface area (Å²) >= 11 is 0. The van der Waals surface area contributed by atoms with Gasteiger partial charge < -0.3 is 0 Å². The lowest BCUT2D eigenvalue weighted by atomic mass is 9.83. The lowest BCUT2D eigenvalue weighted by molar-refractivity contribution is 1.24. The van der Waals surface area contributed by atoms with E-state index in [0.29, 0.717) is 0 Å². The fraction of sp³-hybridized carbons (Fsp3) is 0.182. The van der Waals surface area contributed by atoms with Gasteiger partial charge in [0.15, 0.2) is 0 Å². The van der Waals surface area contributed by atoms with Crippen molar-refractivity contribution < 1.29 is 0 Å². The van der Waals surface area contributed by atoms with Gasteiger partial charge in [-0.1, -0.05) is 60.7 Å². The lowest BCUT2D eigenvalue weighted by Crippen LogP contribution is -1.99. The Hall–Kier alpha value is -2.34. The maximum Gasteiger partial charge on any atom is -0.0116 e. The van der Waals surface area contributed by atoms with Gasteiger partial charge in [0.1, 0.15) is 0 Å². The molecule has 110 valence electrons. The van der Waals surface area contributed by atoms with Crippen molar-refractivity contribution in [3.63, 3.8) is 0 Å². The summed E-state index contributed by atoms with van der Waals surface area (Å²) in [7, 11) is 0. The molecule has 0 heterocycles. The molecule has 0 unspecified atom stereocenters. The number of rotatable bonds is 2. The van der Waals surface area contributed by atoms with Crippen LogP contribution in [0.2, 0.25) is 0 Å². The van der Waals surface area contributed by atoms with Gasteiger partial charge in [-0.25, -0.2) is 0 Å². The first-order valence-corrected chi connectivity index (χ1v) is 7.82. The first-order chi connectivity index (χ1) is 10.6. The molecule has 0 N–H and O–H groups in total. The van der Waals surface area contributed by atoms with E-state index >= 15 is 0 Å². The van der Waals surface area contributed by atoms with E-state index in [1.54, 1.807) is 0 Å². The highest BCUT2D eigenvalue weighted by Gasteiger charge is 2.16. The van der Waals surface area contributed by atoms with Gasteiger partial charge in [-0.3, -0.25) is 0 Å².